The lowest BCUT2D eigenvalue weighted by Gasteiger charge is -1.79. The molecule has 0 atom stereocenters. The van der Waals surface area contributed by atoms with Gasteiger partial charge in [0.1, 0.15) is 0 Å². The average Bonchev–Trinajstić information content (AvgIpc) is 2.62. The maximum atomic E-state index is 5.03. The summed E-state index contributed by atoms with van der Waals surface area (Å²) in [7, 11) is 5.03. The first-order valence-electron chi connectivity index (χ1n) is 10.4. The predicted octanol–water partition coefficient (Wildman–Crippen LogP) is 11.4. The molecule has 0 aromatic rings. The molecule has 2 radical (unpaired) electrons. The van der Waals surface area contributed by atoms with Crippen LogP contribution in [0.4, 0.5) is 0 Å². The third-order valence-electron chi connectivity index (χ3n) is 1.50. The minimum absolute atomic E-state index is 0. The van der Waals surface area contributed by atoms with Crippen molar-refractivity contribution in [2.75, 3.05) is 0 Å². The summed E-state index contributed by atoms with van der Waals surface area (Å²) < 4.78 is 0. The number of rotatable bonds is 4. The van der Waals surface area contributed by atoms with Gasteiger partial charge in [0.2, 0.25) is 0 Å². The molecule has 0 saturated carbocycles. The zero-order chi connectivity index (χ0) is 19.7. The van der Waals surface area contributed by atoms with Crippen molar-refractivity contribution < 1.29 is 0 Å². The van der Waals surface area contributed by atoms with Gasteiger partial charge < -0.3 is 0 Å². The molecule has 25 heavy (non-hydrogen) atoms. The van der Waals surface area contributed by atoms with Gasteiger partial charge in [0.05, 0.1) is 7.85 Å². The second-order valence-corrected chi connectivity index (χ2v) is 3.85. The Morgan fingerprint density at radius 3 is 0.600 bits per heavy atom. The van der Waals surface area contributed by atoms with Crippen LogP contribution in [0.3, 0.4) is 0 Å². The van der Waals surface area contributed by atoms with Gasteiger partial charge in [-0.3, -0.25) is 0 Å². The second-order valence-electron chi connectivity index (χ2n) is 3.85. The van der Waals surface area contributed by atoms with Gasteiger partial charge in [-0.25, -0.2) is 0 Å². The summed E-state index contributed by atoms with van der Waals surface area (Å²) >= 11 is 0. The molecule has 1 heteroatoms. The molecule has 0 unspecified atom stereocenters. The highest BCUT2D eigenvalue weighted by atomic mass is 13.7. The van der Waals surface area contributed by atoms with E-state index in [1.165, 1.54) is 38.5 Å². The Morgan fingerprint density at radius 2 is 0.600 bits per heavy atom. The Bertz CT molecular complexity index is 44.1. The van der Waals surface area contributed by atoms with Crippen LogP contribution in [0.5, 0.6) is 0 Å². The van der Waals surface area contributed by atoms with E-state index >= 15 is 0 Å². The van der Waals surface area contributed by atoms with Crippen molar-refractivity contribution >= 4 is 7.85 Å². The first-order valence-corrected chi connectivity index (χ1v) is 10.4. The quantitative estimate of drug-likeness (QED) is 0.434. The summed E-state index contributed by atoms with van der Waals surface area (Å²) in [4.78, 5) is 0. The minimum atomic E-state index is 0. The fraction of sp³-hybridized carbons (Fsp3) is 1.00. The summed E-state index contributed by atoms with van der Waals surface area (Å²) in [5.74, 6) is 0. The Labute approximate surface area is 171 Å². The first-order chi connectivity index (χ1) is 10.7. The van der Waals surface area contributed by atoms with Gasteiger partial charge in [0.15, 0.2) is 0 Å². The van der Waals surface area contributed by atoms with Crippen molar-refractivity contribution in [3.05, 3.63) is 0 Å². The number of hydrogen-bond acceptors (Lipinski definition) is 0. The monoisotopic (exact) mass is 367 g/mol. The van der Waals surface area contributed by atoms with E-state index in [2.05, 4.69) is 48.5 Å². The largest absolute Gasteiger partial charge is 0.0889 e. The lowest BCUT2D eigenvalue weighted by atomic mass is 10.0. The first kappa shape index (κ1) is 64.0. The minimum Gasteiger partial charge on any atom is -0.0889 e. The normalized spacial score (nSPS) is 5.48. The van der Waals surface area contributed by atoms with Crippen molar-refractivity contribution in [3.63, 3.8) is 0 Å². The maximum absolute atomic E-state index is 5.03. The highest BCUT2D eigenvalue weighted by Crippen LogP contribution is 1.88. The fourth-order valence-corrected chi connectivity index (χ4v) is 0.354. The van der Waals surface area contributed by atoms with Gasteiger partial charge >= 0.3 is 0 Å². The maximum Gasteiger partial charge on any atom is 0.0652 e. The van der Waals surface area contributed by atoms with Crippen LogP contribution >= 0.6 is 0 Å². The van der Waals surface area contributed by atoms with E-state index in [0.717, 1.165) is 12.7 Å². The summed E-state index contributed by atoms with van der Waals surface area (Å²) in [6.07, 6.45) is 9.88. The molecule has 0 aliphatic carbocycles. The summed E-state index contributed by atoms with van der Waals surface area (Å²) in [5.41, 5.74) is 0. The summed E-state index contributed by atoms with van der Waals surface area (Å²) in [5, 5.41) is 0. The van der Waals surface area contributed by atoms with E-state index in [0.29, 0.717) is 0 Å². The van der Waals surface area contributed by atoms with Gasteiger partial charge in [0, 0.05) is 0 Å². The zero-order valence-corrected chi connectivity index (χ0v) is 19.2. The Balaban J connectivity index is -0.0000000133. The molecule has 166 valence electrons. The standard InChI is InChI=1S/C5H12.C4H10.C3H7B.C3H8.3C2H6.3CH4/c1-3-5-4-2;1-3-4-2;1-2-3-4;1-3-2;3*1-2;;;/h3-5H2,1-2H3;3-4H2,1-2H3;2-3H2,1H3;3H2,1-2H3;3*1-2H3;3*1H4. The SMILES string of the molecule is C.C.C.CC.CC.CC.CCC.CCCC.CCCCC.[B]CCC. The molecule has 0 N–H and O–H groups in total. The van der Waals surface area contributed by atoms with Crippen molar-refractivity contribution in [1.82, 2.24) is 0 Å². The summed E-state index contributed by atoms with van der Waals surface area (Å²) in [6, 6.07) is 0. The van der Waals surface area contributed by atoms with Crippen LogP contribution in [-0.2, 0) is 0 Å². The van der Waals surface area contributed by atoms with Crippen LogP contribution in [-0.4, -0.2) is 7.85 Å². The Hall–Kier alpha value is 0.0649. The van der Waals surface area contributed by atoms with Crippen LogP contribution in [0, 0.1) is 0 Å². The molecule has 0 bridgehead atoms. The average molecular weight is 367 g/mol. The third-order valence-corrected chi connectivity index (χ3v) is 1.50. The molecule has 0 saturated heterocycles. The molecule has 0 rings (SSSR count). The van der Waals surface area contributed by atoms with E-state index in [4.69, 9.17) is 7.85 Å². The lowest BCUT2D eigenvalue weighted by molar-refractivity contribution is 0.772. The van der Waals surface area contributed by atoms with Crippen LogP contribution < -0.4 is 0 Å². The zero-order valence-electron chi connectivity index (χ0n) is 19.2. The van der Waals surface area contributed by atoms with Gasteiger partial charge in [-0.2, -0.15) is 0 Å². The van der Waals surface area contributed by atoms with Crippen molar-refractivity contribution in [3.8, 4) is 0 Å². The number of unbranched alkanes of at least 4 members (excludes halogenated alkanes) is 3. The predicted molar refractivity (Wildman–Crippen MR) is 137 cm³/mol. The molecular formula is C24H67B. The van der Waals surface area contributed by atoms with Crippen LogP contribution in [0.25, 0.3) is 0 Å². The van der Waals surface area contributed by atoms with E-state index in [1.54, 1.807) is 0 Å². The molecular weight excluding hydrogens is 299 g/mol. The molecule has 0 nitrogen and oxygen atoms in total. The van der Waals surface area contributed by atoms with Crippen molar-refractivity contribution in [2.24, 2.45) is 0 Å². The van der Waals surface area contributed by atoms with Crippen LogP contribution in [0.15, 0.2) is 0 Å². The fourth-order valence-electron chi connectivity index (χ4n) is 0.354. The van der Waals surface area contributed by atoms with E-state index in [9.17, 15) is 0 Å². The highest BCUT2D eigenvalue weighted by Gasteiger charge is 1.68. The third kappa shape index (κ3) is 709. The van der Waals surface area contributed by atoms with Crippen molar-refractivity contribution in [2.45, 2.75) is 164 Å². The smallest absolute Gasteiger partial charge is 0.0652 e. The van der Waals surface area contributed by atoms with E-state index < -0.39 is 0 Å². The molecule has 0 fully saturated rings. The Morgan fingerprint density at radius 1 is 0.440 bits per heavy atom. The molecule has 0 heterocycles. The second kappa shape index (κ2) is 197. The van der Waals surface area contributed by atoms with E-state index in [1.807, 2.05) is 41.5 Å². The number of hydrogen-bond donors (Lipinski definition) is 0. The summed E-state index contributed by atoms with van der Waals surface area (Å²) in [6.45, 7) is 27.1. The van der Waals surface area contributed by atoms with E-state index in [-0.39, 0.29) is 22.3 Å². The topological polar surface area (TPSA) is 0 Å². The molecule has 0 aliphatic heterocycles. The van der Waals surface area contributed by atoms with Crippen LogP contribution in [0.1, 0.15) is 157 Å². The molecule has 0 aromatic carbocycles. The molecule has 0 amide bonds. The molecule has 0 spiro atoms. The Kier molecular flexibility index (Phi) is 504. The lowest BCUT2D eigenvalue weighted by Crippen LogP contribution is -1.59. The van der Waals surface area contributed by atoms with Crippen molar-refractivity contribution in [1.29, 1.82) is 0 Å². The van der Waals surface area contributed by atoms with Gasteiger partial charge in [0.25, 0.3) is 0 Å². The molecule has 0 aliphatic rings. The molecule has 0 aromatic heterocycles. The van der Waals surface area contributed by atoms with Gasteiger partial charge in [-0.1, -0.05) is 164 Å². The van der Waals surface area contributed by atoms with Gasteiger partial charge in [-0.05, 0) is 0 Å². The highest BCUT2D eigenvalue weighted by molar-refractivity contribution is 6.08. The van der Waals surface area contributed by atoms with Crippen LogP contribution in [0.2, 0.25) is 6.32 Å². The van der Waals surface area contributed by atoms with Gasteiger partial charge in [-0.15, -0.1) is 0 Å².